The van der Waals surface area contributed by atoms with Crippen molar-refractivity contribution < 1.29 is 0 Å². The summed E-state index contributed by atoms with van der Waals surface area (Å²) in [7, 11) is 0. The summed E-state index contributed by atoms with van der Waals surface area (Å²) >= 11 is 0. The van der Waals surface area contributed by atoms with Crippen molar-refractivity contribution in [1.29, 1.82) is 0 Å². The van der Waals surface area contributed by atoms with E-state index >= 15 is 0 Å². The van der Waals surface area contributed by atoms with E-state index in [1.54, 1.807) is 6.42 Å². The van der Waals surface area contributed by atoms with Crippen LogP contribution < -0.4 is 0 Å². The number of hydrogen-bond donors (Lipinski definition) is 0. The number of fused-ring (bicyclic) bond motifs is 1. The molecule has 2 saturated carbocycles. The average Bonchev–Trinajstić information content (AvgIpc) is 2.61. The zero-order chi connectivity index (χ0) is 7.30. The van der Waals surface area contributed by atoms with Gasteiger partial charge in [-0.15, -0.1) is 0 Å². The molecule has 0 N–H and O–H groups in total. The van der Waals surface area contributed by atoms with E-state index in [1.807, 2.05) is 0 Å². The van der Waals surface area contributed by atoms with Crippen LogP contribution in [-0.4, -0.2) is 0 Å². The predicted molar refractivity (Wildman–Crippen MR) is 43.7 cm³/mol. The molecule has 0 radical (unpaired) electrons. The lowest BCUT2D eigenvalue weighted by atomic mass is 9.77. The summed E-state index contributed by atoms with van der Waals surface area (Å²) in [4.78, 5) is 0. The molecule has 0 amide bonds. The fourth-order valence-electron chi connectivity index (χ4n) is 2.89. The maximum Gasteiger partial charge on any atom is -0.0352 e. The minimum atomic E-state index is 0.999. The third-order valence-corrected chi connectivity index (χ3v) is 3.94. The third kappa shape index (κ3) is 0.810. The highest BCUT2D eigenvalue weighted by molar-refractivity contribution is 4.98. The van der Waals surface area contributed by atoms with Crippen LogP contribution in [0.4, 0.5) is 0 Å². The Labute approximate surface area is 64.0 Å². The molecule has 0 aromatic heterocycles. The van der Waals surface area contributed by atoms with E-state index in [-0.39, 0.29) is 0 Å². The molecule has 58 valence electrons. The molecule has 2 aliphatic carbocycles. The molecule has 2 fully saturated rings. The Morgan fingerprint density at radius 3 is 2.20 bits per heavy atom. The van der Waals surface area contributed by atoms with Gasteiger partial charge in [0.1, 0.15) is 0 Å². The number of hydrogen-bond acceptors (Lipinski definition) is 0. The Bertz CT molecular complexity index is 137. The molecule has 0 saturated heterocycles. The van der Waals surface area contributed by atoms with Crippen LogP contribution in [0.25, 0.3) is 0 Å². The maximum absolute atomic E-state index is 2.45. The minimum absolute atomic E-state index is 0.999. The summed E-state index contributed by atoms with van der Waals surface area (Å²) in [6, 6.07) is 0. The van der Waals surface area contributed by atoms with Crippen molar-refractivity contribution >= 4 is 0 Å². The average molecular weight is 138 g/mol. The van der Waals surface area contributed by atoms with Crippen LogP contribution in [0.5, 0.6) is 0 Å². The molecule has 0 aromatic rings. The standard InChI is InChI=1S/C10H18/c1-6-4-7(2)9-5-10(9)8(6)3/h6-10H,4-5H2,1-3H3/t6-,7?,8?,9?,10?/m1/s1. The van der Waals surface area contributed by atoms with Gasteiger partial charge in [-0.2, -0.15) is 0 Å². The highest BCUT2D eigenvalue weighted by Crippen LogP contribution is 2.57. The van der Waals surface area contributed by atoms with Gasteiger partial charge in [0.2, 0.25) is 0 Å². The topological polar surface area (TPSA) is 0 Å². The normalized spacial score (nSPS) is 59.7. The Balaban J connectivity index is 2.05. The van der Waals surface area contributed by atoms with Crippen molar-refractivity contribution in [3.05, 3.63) is 0 Å². The molecule has 0 nitrogen and oxygen atoms in total. The molecule has 0 heteroatoms. The predicted octanol–water partition coefficient (Wildman–Crippen LogP) is 2.93. The quantitative estimate of drug-likeness (QED) is 0.483. The molecule has 5 atom stereocenters. The van der Waals surface area contributed by atoms with Gasteiger partial charge in [-0.3, -0.25) is 0 Å². The lowest BCUT2D eigenvalue weighted by Crippen LogP contribution is -2.21. The van der Waals surface area contributed by atoms with E-state index in [4.69, 9.17) is 0 Å². The highest BCUT2D eigenvalue weighted by Gasteiger charge is 2.49. The van der Waals surface area contributed by atoms with Gasteiger partial charge in [0, 0.05) is 0 Å². The first-order chi connectivity index (χ1) is 4.70. The lowest BCUT2D eigenvalue weighted by molar-refractivity contribution is 0.205. The van der Waals surface area contributed by atoms with E-state index in [1.165, 1.54) is 6.42 Å². The first-order valence-corrected chi connectivity index (χ1v) is 4.70. The Hall–Kier alpha value is 0. The summed E-state index contributed by atoms with van der Waals surface area (Å²) < 4.78 is 0. The molecule has 0 spiro atoms. The van der Waals surface area contributed by atoms with Gasteiger partial charge in [0.25, 0.3) is 0 Å². The molecular weight excluding hydrogens is 120 g/mol. The van der Waals surface area contributed by atoms with Crippen molar-refractivity contribution in [2.75, 3.05) is 0 Å². The van der Waals surface area contributed by atoms with Gasteiger partial charge in [0.05, 0.1) is 0 Å². The zero-order valence-corrected chi connectivity index (χ0v) is 7.30. The van der Waals surface area contributed by atoms with E-state index in [2.05, 4.69) is 20.8 Å². The zero-order valence-electron chi connectivity index (χ0n) is 7.30. The van der Waals surface area contributed by atoms with Gasteiger partial charge in [0.15, 0.2) is 0 Å². The van der Waals surface area contributed by atoms with Gasteiger partial charge in [-0.1, -0.05) is 20.8 Å². The maximum atomic E-state index is 2.45. The molecule has 4 unspecified atom stereocenters. The molecular formula is C10H18. The van der Waals surface area contributed by atoms with Crippen LogP contribution in [0.15, 0.2) is 0 Å². The molecule has 0 bridgehead atoms. The molecule has 2 aliphatic rings. The second kappa shape index (κ2) is 1.99. The fraction of sp³-hybridized carbons (Fsp3) is 1.00. The Kier molecular flexibility index (Phi) is 1.33. The summed E-state index contributed by atoms with van der Waals surface area (Å²) in [6.07, 6.45) is 3.04. The second-order valence-corrected chi connectivity index (χ2v) is 4.61. The largest absolute Gasteiger partial charge is 0.0622 e. The van der Waals surface area contributed by atoms with E-state index in [0.29, 0.717) is 0 Å². The van der Waals surface area contributed by atoms with Gasteiger partial charge in [-0.25, -0.2) is 0 Å². The second-order valence-electron chi connectivity index (χ2n) is 4.61. The monoisotopic (exact) mass is 138 g/mol. The van der Waals surface area contributed by atoms with Crippen LogP contribution in [0, 0.1) is 29.6 Å². The summed E-state index contributed by atoms with van der Waals surface area (Å²) in [6.45, 7) is 7.31. The molecule has 0 aliphatic heterocycles. The van der Waals surface area contributed by atoms with Crippen LogP contribution in [0.1, 0.15) is 33.6 Å². The number of rotatable bonds is 0. The fourth-order valence-corrected chi connectivity index (χ4v) is 2.89. The molecule has 0 heterocycles. The lowest BCUT2D eigenvalue weighted by Gasteiger charge is -2.29. The molecule has 10 heavy (non-hydrogen) atoms. The van der Waals surface area contributed by atoms with Gasteiger partial charge in [-0.05, 0) is 42.4 Å². The highest BCUT2D eigenvalue weighted by atomic mass is 14.5. The van der Waals surface area contributed by atoms with Crippen molar-refractivity contribution in [3.8, 4) is 0 Å². The molecule has 2 rings (SSSR count). The Morgan fingerprint density at radius 2 is 1.50 bits per heavy atom. The van der Waals surface area contributed by atoms with E-state index < -0.39 is 0 Å². The summed E-state index contributed by atoms with van der Waals surface area (Å²) in [5, 5.41) is 0. The minimum Gasteiger partial charge on any atom is -0.0622 e. The van der Waals surface area contributed by atoms with E-state index in [0.717, 1.165) is 29.6 Å². The first kappa shape index (κ1) is 6.69. The van der Waals surface area contributed by atoms with Crippen LogP contribution in [0.2, 0.25) is 0 Å². The third-order valence-electron chi connectivity index (χ3n) is 3.94. The smallest absolute Gasteiger partial charge is 0.0352 e. The van der Waals surface area contributed by atoms with Crippen LogP contribution in [0.3, 0.4) is 0 Å². The molecule has 0 aromatic carbocycles. The van der Waals surface area contributed by atoms with Crippen LogP contribution in [-0.2, 0) is 0 Å². The SMILES string of the molecule is CC1C[C@@H](C)C(C)C2CC12. The van der Waals surface area contributed by atoms with E-state index in [9.17, 15) is 0 Å². The summed E-state index contributed by atoms with van der Waals surface area (Å²) in [5.41, 5.74) is 0. The first-order valence-electron chi connectivity index (χ1n) is 4.70. The summed E-state index contributed by atoms with van der Waals surface area (Å²) in [5.74, 6) is 5.32. The van der Waals surface area contributed by atoms with Gasteiger partial charge < -0.3 is 0 Å². The van der Waals surface area contributed by atoms with Crippen molar-refractivity contribution in [2.45, 2.75) is 33.6 Å². The van der Waals surface area contributed by atoms with Gasteiger partial charge >= 0.3 is 0 Å². The Morgan fingerprint density at radius 1 is 0.800 bits per heavy atom. The van der Waals surface area contributed by atoms with Crippen molar-refractivity contribution in [1.82, 2.24) is 0 Å². The van der Waals surface area contributed by atoms with Crippen molar-refractivity contribution in [3.63, 3.8) is 0 Å². The van der Waals surface area contributed by atoms with Crippen molar-refractivity contribution in [2.24, 2.45) is 29.6 Å². The van der Waals surface area contributed by atoms with Crippen LogP contribution >= 0.6 is 0 Å².